The fourth-order valence-electron chi connectivity index (χ4n) is 7.16. The van der Waals surface area contributed by atoms with Crippen LogP contribution in [0.2, 0.25) is 0 Å². The van der Waals surface area contributed by atoms with Crippen molar-refractivity contribution in [2.75, 3.05) is 0 Å². The van der Waals surface area contributed by atoms with Crippen LogP contribution in [0.5, 0.6) is 0 Å². The van der Waals surface area contributed by atoms with E-state index in [0.29, 0.717) is 16.8 Å². The maximum Gasteiger partial charge on any atom is 0.418 e. The molecule has 5 aromatic carbocycles. The second-order valence-corrected chi connectivity index (χ2v) is 15.5. The zero-order chi connectivity index (χ0) is 41.3. The van der Waals surface area contributed by atoms with Gasteiger partial charge in [-0.25, -0.2) is 0 Å². The van der Waals surface area contributed by atoms with Crippen molar-refractivity contribution < 1.29 is 43.2 Å². The molecule has 0 unspecified atom stereocenters. The van der Waals surface area contributed by atoms with Gasteiger partial charge in [-0.3, -0.25) is 9.78 Å². The number of aliphatic hydroxyl groups excluding tert-OH is 1. The van der Waals surface area contributed by atoms with Gasteiger partial charge in [0.05, 0.1) is 11.3 Å². The van der Waals surface area contributed by atoms with Crippen LogP contribution in [-0.2, 0) is 36.5 Å². The van der Waals surface area contributed by atoms with E-state index in [1.54, 1.807) is 18.2 Å². The number of allylic oxidation sites excluding steroid dienone is 2. The Balaban J connectivity index is 0.000000398. The Morgan fingerprint density at radius 2 is 1.16 bits per heavy atom. The third-order valence-corrected chi connectivity index (χ3v) is 10.7. The van der Waals surface area contributed by atoms with Gasteiger partial charge in [0.15, 0.2) is 5.78 Å². The molecule has 0 spiro atoms. The van der Waals surface area contributed by atoms with Crippen molar-refractivity contribution in [3.63, 3.8) is 0 Å². The van der Waals surface area contributed by atoms with Crippen molar-refractivity contribution in [2.45, 2.75) is 85.7 Å². The molecule has 0 fully saturated rings. The van der Waals surface area contributed by atoms with E-state index in [2.05, 4.69) is 62.2 Å². The van der Waals surface area contributed by atoms with Gasteiger partial charge in [-0.1, -0.05) is 163 Å². The van der Waals surface area contributed by atoms with Crippen LogP contribution < -0.4 is 0 Å². The molecule has 0 atom stereocenters. The second kappa shape index (κ2) is 20.2. The summed E-state index contributed by atoms with van der Waals surface area (Å²) in [6.07, 6.45) is 1.31. The Morgan fingerprint density at radius 3 is 1.66 bits per heavy atom. The number of benzene rings is 5. The van der Waals surface area contributed by atoms with Crippen molar-refractivity contribution in [3.05, 3.63) is 150 Å². The van der Waals surface area contributed by atoms with Crippen molar-refractivity contribution in [1.82, 2.24) is 4.98 Å². The fourth-order valence-corrected chi connectivity index (χ4v) is 7.16. The molecule has 7 heteroatoms. The molecule has 1 N–H and O–H groups in total. The van der Waals surface area contributed by atoms with Crippen LogP contribution in [-0.4, -0.2) is 15.9 Å². The molecule has 305 valence electrons. The first-order valence-corrected chi connectivity index (χ1v) is 19.9. The molecule has 0 aliphatic carbocycles. The van der Waals surface area contributed by atoms with Crippen molar-refractivity contribution in [2.24, 2.45) is 11.8 Å². The number of rotatable bonds is 11. The van der Waals surface area contributed by atoms with Crippen molar-refractivity contribution in [3.8, 4) is 44.6 Å². The predicted molar refractivity (Wildman–Crippen MR) is 230 cm³/mol. The van der Waals surface area contributed by atoms with Crippen molar-refractivity contribution >= 4 is 16.6 Å². The van der Waals surface area contributed by atoms with Crippen LogP contribution >= 0.6 is 0 Å². The summed E-state index contributed by atoms with van der Waals surface area (Å²) >= 11 is 0. The Morgan fingerprint density at radius 1 is 0.672 bits per heavy atom. The van der Waals surface area contributed by atoms with E-state index in [1.165, 1.54) is 6.08 Å². The number of carbonyl (C=O) groups is 1. The monoisotopic (exact) mass is 961 g/mol. The Labute approximate surface area is 355 Å². The number of hydrogen-bond acceptors (Lipinski definition) is 3. The normalized spacial score (nSPS) is 12.0. The summed E-state index contributed by atoms with van der Waals surface area (Å²) in [6, 6.07) is 40.4. The Hall–Kier alpha value is -4.84. The minimum absolute atomic E-state index is 0. The fraction of sp³-hybridized carbons (Fsp3) is 0.294. The average Bonchev–Trinajstić information content (AvgIpc) is 3.21. The zero-order valence-electron chi connectivity index (χ0n) is 34.4. The van der Waals surface area contributed by atoms with Gasteiger partial charge in [0, 0.05) is 49.9 Å². The SMILES string of the molecule is CC(C)(C)c1cc(-c2cc(-c3ccc(-c4ccc(-c5ccccc5)cc4)cc3)c(C(F)(F)F)cn2)[c-]c2ccccc12.CCC(CC)C(=O)/C=C(\O)C(CC)CC.[Ir]. The van der Waals surface area contributed by atoms with Crippen molar-refractivity contribution in [1.29, 1.82) is 0 Å². The number of nitrogens with zero attached hydrogens (tertiary/aromatic N) is 1. The third-order valence-electron chi connectivity index (χ3n) is 10.7. The molecule has 0 aliphatic rings. The summed E-state index contributed by atoms with van der Waals surface area (Å²) in [4.78, 5) is 16.0. The Kier molecular flexibility index (Phi) is 16.0. The van der Waals surface area contributed by atoms with Gasteiger partial charge in [-0.15, -0.1) is 29.1 Å². The number of aromatic nitrogens is 1. The summed E-state index contributed by atoms with van der Waals surface area (Å²) in [6.45, 7) is 14.4. The minimum atomic E-state index is -4.55. The molecule has 0 amide bonds. The average molecular weight is 961 g/mol. The summed E-state index contributed by atoms with van der Waals surface area (Å²) in [5.74, 6) is 0.547. The maximum atomic E-state index is 14.2. The molecule has 58 heavy (non-hydrogen) atoms. The molecule has 6 aromatic rings. The van der Waals surface area contributed by atoms with E-state index in [1.807, 2.05) is 94.4 Å². The molecule has 3 nitrogen and oxygen atoms in total. The molecule has 0 saturated carbocycles. The summed E-state index contributed by atoms with van der Waals surface area (Å²) in [7, 11) is 0. The van der Waals surface area contributed by atoms with Gasteiger partial charge in [0.2, 0.25) is 0 Å². The van der Waals surface area contributed by atoms with E-state index >= 15 is 0 Å². The van der Waals surface area contributed by atoms with Gasteiger partial charge in [-0.05, 0) is 64.5 Å². The van der Waals surface area contributed by atoms with Gasteiger partial charge >= 0.3 is 6.18 Å². The first-order chi connectivity index (χ1) is 27.2. The Bertz CT molecular complexity index is 2280. The largest absolute Gasteiger partial charge is 0.512 e. The number of hydrogen-bond donors (Lipinski definition) is 1. The topological polar surface area (TPSA) is 50.2 Å². The quantitative estimate of drug-likeness (QED) is 0.0800. The van der Waals surface area contributed by atoms with Crippen LogP contribution in [0.4, 0.5) is 13.2 Å². The molecule has 1 aromatic heterocycles. The summed E-state index contributed by atoms with van der Waals surface area (Å²) < 4.78 is 42.5. The molecular formula is C51H53F3IrNO2-. The van der Waals surface area contributed by atoms with E-state index in [0.717, 1.165) is 70.5 Å². The van der Waals surface area contributed by atoms with Crippen LogP contribution in [0.25, 0.3) is 55.4 Å². The number of fused-ring (bicyclic) bond motifs is 1. The number of aliphatic hydroxyl groups is 1. The minimum Gasteiger partial charge on any atom is -0.512 e. The smallest absolute Gasteiger partial charge is 0.418 e. The molecule has 6 rings (SSSR count). The first-order valence-electron chi connectivity index (χ1n) is 19.9. The van der Waals surface area contributed by atoms with Crippen LogP contribution in [0.3, 0.4) is 0 Å². The van der Waals surface area contributed by atoms with Gasteiger partial charge in [0.1, 0.15) is 0 Å². The number of ketones is 1. The zero-order valence-corrected chi connectivity index (χ0v) is 36.8. The van der Waals surface area contributed by atoms with Crippen LogP contribution in [0.15, 0.2) is 133 Å². The molecule has 1 heterocycles. The third kappa shape index (κ3) is 11.2. The van der Waals surface area contributed by atoms with E-state index in [4.69, 9.17) is 0 Å². The molecule has 1 radical (unpaired) electrons. The summed E-state index contributed by atoms with van der Waals surface area (Å²) in [5, 5.41) is 11.7. The molecule has 0 bridgehead atoms. The van der Waals surface area contributed by atoms with Gasteiger partial charge in [-0.2, -0.15) is 13.2 Å². The predicted octanol–water partition coefficient (Wildman–Crippen LogP) is 14.9. The molecule has 0 saturated heterocycles. The number of carbonyl (C=O) groups excluding carboxylic acids is 1. The standard InChI is InChI=1S/C38H29F3N.C13H24O2.Ir/c1-37(2,3)34-22-31(21-30-11-7-8-12-32(30)34)36-23-33(35(24-42-36)38(39,40)41)29-19-17-28(18-20-29)27-15-13-26(14-16-27)25-9-5-4-6-10-25;1-5-10(6-2)12(14)9-13(15)11(7-3)8-4;/h4-20,22-24H,1-3H3;9-11,14H,5-8H2,1-4H3;/q-1;;/b;12-9-;. The van der Waals surface area contributed by atoms with Gasteiger partial charge < -0.3 is 5.11 Å². The van der Waals surface area contributed by atoms with E-state index < -0.39 is 11.7 Å². The molecule has 0 aliphatic heterocycles. The first kappa shape index (κ1) is 45.9. The number of pyridine rings is 1. The van der Waals surface area contributed by atoms with Crippen LogP contribution in [0.1, 0.15) is 85.3 Å². The molecular weight excluding hydrogens is 908 g/mol. The van der Waals surface area contributed by atoms with E-state index in [-0.39, 0.29) is 54.5 Å². The van der Waals surface area contributed by atoms with Crippen LogP contribution in [0, 0.1) is 17.9 Å². The number of halogens is 3. The number of alkyl halides is 3. The second-order valence-electron chi connectivity index (χ2n) is 15.5. The van der Waals surface area contributed by atoms with Gasteiger partial charge in [0.25, 0.3) is 0 Å². The van der Waals surface area contributed by atoms with E-state index in [9.17, 15) is 23.1 Å². The summed E-state index contributed by atoms with van der Waals surface area (Å²) in [5.41, 5.74) is 6.02. The maximum absolute atomic E-state index is 14.2.